The van der Waals surface area contributed by atoms with E-state index >= 15 is 0 Å². The van der Waals surface area contributed by atoms with Crippen molar-refractivity contribution in [3.63, 3.8) is 0 Å². The van der Waals surface area contributed by atoms with Crippen molar-refractivity contribution >= 4 is 34.8 Å². The molecule has 3 aliphatic rings. The Bertz CT molecular complexity index is 1040. The van der Waals surface area contributed by atoms with Gasteiger partial charge in [-0.1, -0.05) is 13.8 Å². The number of carbonyl (C=O) groups excluding carboxylic acids is 4. The molecule has 4 rings (SSSR count). The van der Waals surface area contributed by atoms with Gasteiger partial charge in [-0.3, -0.25) is 24.1 Å². The normalized spacial score (nSPS) is 18.4. The van der Waals surface area contributed by atoms with E-state index in [2.05, 4.69) is 40.7 Å². The second-order valence-corrected chi connectivity index (χ2v) is 12.3. The standard InChI is InChI=1S/C9H18N2O2.C8H16N2O.C8H10N2O.C7H14N2O/c1-8(2)9(12)13-11-6-4-10(3)5-7-11;1-8(11)7-10-5-3-9(2)4-6-10;1-5(11)6-2-7(9)4-8(10)3-6;1-7(10)9-5-3-8(2)4-6-9/h8H,4-7H2,1-3H3;3-7H2,1-2H3;2-4H,9-10H2,1H3;3-6H2,1-2H3. The Morgan fingerprint density at radius 1 is 0.689 bits per heavy atom. The number of hydrogen-bond donors (Lipinski definition) is 2. The Kier molecular flexibility index (Phi) is 18.5. The molecule has 4 N–H and O–H groups in total. The van der Waals surface area contributed by atoms with E-state index < -0.39 is 0 Å². The van der Waals surface area contributed by atoms with E-state index in [-0.39, 0.29) is 29.4 Å². The van der Waals surface area contributed by atoms with Gasteiger partial charge in [-0.15, -0.1) is 5.06 Å². The summed E-state index contributed by atoms with van der Waals surface area (Å²) >= 11 is 0. The SMILES string of the molecule is CC(=O)CN1CCN(C)CC1.CC(=O)N1CCN(C)CC1.CC(=O)c1cc(N)cc(N)c1.CC(C)C(=O)ON1CCN(C)CC1. The van der Waals surface area contributed by atoms with Crippen molar-refractivity contribution in [3.8, 4) is 0 Å². The number of Topliss-reactive ketones (excluding diaryl/α,β-unsaturated/α-hetero) is 2. The summed E-state index contributed by atoms with van der Waals surface area (Å²) in [7, 11) is 6.27. The first kappa shape index (κ1) is 39.9. The number of benzene rings is 1. The molecule has 3 fully saturated rings. The number of nitrogen functional groups attached to an aromatic ring is 2. The Hall–Kier alpha value is -3.10. The van der Waals surface area contributed by atoms with E-state index in [4.69, 9.17) is 16.3 Å². The maximum atomic E-state index is 11.2. The van der Waals surface area contributed by atoms with Crippen LogP contribution in [0.3, 0.4) is 0 Å². The average Bonchev–Trinajstić information content (AvgIpc) is 2.96. The van der Waals surface area contributed by atoms with Gasteiger partial charge in [-0.05, 0) is 53.2 Å². The lowest BCUT2D eigenvalue weighted by Crippen LogP contribution is -2.46. The molecular weight excluding hydrogens is 576 g/mol. The fourth-order valence-corrected chi connectivity index (χ4v) is 4.43. The smallest absolute Gasteiger partial charge is 0.327 e. The number of nitrogens with zero attached hydrogens (tertiary/aromatic N) is 6. The summed E-state index contributed by atoms with van der Waals surface area (Å²) in [5.74, 6) is 0.274. The summed E-state index contributed by atoms with van der Waals surface area (Å²) in [4.78, 5) is 59.6. The van der Waals surface area contributed by atoms with Crippen LogP contribution in [0.4, 0.5) is 11.4 Å². The second kappa shape index (κ2) is 20.8. The van der Waals surface area contributed by atoms with Crippen LogP contribution in [0.2, 0.25) is 0 Å². The maximum Gasteiger partial charge on any atom is 0.327 e. The molecule has 13 heteroatoms. The molecule has 256 valence electrons. The largest absolute Gasteiger partial charge is 0.399 e. The molecule has 0 saturated carbocycles. The highest BCUT2D eigenvalue weighted by Crippen LogP contribution is 2.13. The van der Waals surface area contributed by atoms with Gasteiger partial charge in [-0.25, -0.2) is 0 Å². The number of hydrogen-bond acceptors (Lipinski definition) is 12. The highest BCUT2D eigenvalue weighted by molar-refractivity contribution is 5.95. The number of likely N-dealkylation sites (N-methyl/N-ethyl adjacent to an activating group) is 3. The quantitative estimate of drug-likeness (QED) is 0.352. The van der Waals surface area contributed by atoms with Crippen LogP contribution in [0.1, 0.15) is 45.0 Å². The lowest BCUT2D eigenvalue weighted by molar-refractivity contribution is -0.200. The third-order valence-electron chi connectivity index (χ3n) is 7.53. The first-order valence-corrected chi connectivity index (χ1v) is 15.7. The van der Waals surface area contributed by atoms with Crippen LogP contribution < -0.4 is 11.5 Å². The number of carbonyl (C=O) groups is 4. The summed E-state index contributed by atoms with van der Waals surface area (Å²) in [6.45, 7) is 20.7. The predicted octanol–water partition coefficient (Wildman–Crippen LogP) is 1.00. The van der Waals surface area contributed by atoms with E-state index in [1.165, 1.54) is 6.92 Å². The van der Waals surface area contributed by atoms with Gasteiger partial charge in [0.15, 0.2) is 5.78 Å². The van der Waals surface area contributed by atoms with Crippen LogP contribution >= 0.6 is 0 Å². The Balaban J connectivity index is 0.000000301. The molecule has 0 radical (unpaired) electrons. The van der Waals surface area contributed by atoms with Gasteiger partial charge in [0, 0.05) is 102 Å². The van der Waals surface area contributed by atoms with Crippen molar-refractivity contribution in [2.24, 2.45) is 5.92 Å². The molecule has 0 unspecified atom stereocenters. The van der Waals surface area contributed by atoms with E-state index in [9.17, 15) is 19.2 Å². The average molecular weight is 635 g/mol. The molecular formula is C32H58N8O5. The minimum atomic E-state index is -0.135. The van der Waals surface area contributed by atoms with Crippen LogP contribution in [0.25, 0.3) is 0 Å². The first-order valence-electron chi connectivity index (χ1n) is 15.7. The molecule has 3 aliphatic heterocycles. The molecule has 13 nitrogen and oxygen atoms in total. The summed E-state index contributed by atoms with van der Waals surface area (Å²) in [5, 5.41) is 1.75. The number of piperazine rings is 3. The zero-order valence-corrected chi connectivity index (χ0v) is 28.9. The molecule has 0 spiro atoms. The van der Waals surface area contributed by atoms with Gasteiger partial charge >= 0.3 is 5.97 Å². The zero-order chi connectivity index (χ0) is 34.1. The van der Waals surface area contributed by atoms with Crippen molar-refractivity contribution in [2.45, 2.75) is 34.6 Å². The number of nitrogens with two attached hydrogens (primary N) is 2. The van der Waals surface area contributed by atoms with E-state index in [1.807, 2.05) is 18.7 Å². The molecule has 0 bridgehead atoms. The highest BCUT2D eigenvalue weighted by atomic mass is 16.7. The summed E-state index contributed by atoms with van der Waals surface area (Å²) < 4.78 is 0. The fraction of sp³-hybridized carbons (Fsp3) is 0.688. The molecule has 1 aromatic carbocycles. The second-order valence-electron chi connectivity index (χ2n) is 12.3. The van der Waals surface area contributed by atoms with Gasteiger partial charge in [0.25, 0.3) is 0 Å². The Morgan fingerprint density at radius 3 is 1.49 bits per heavy atom. The monoisotopic (exact) mass is 634 g/mol. The third-order valence-corrected chi connectivity index (χ3v) is 7.53. The van der Waals surface area contributed by atoms with E-state index in [1.54, 1.807) is 37.1 Å². The summed E-state index contributed by atoms with van der Waals surface area (Å²) in [5.41, 5.74) is 12.5. The van der Waals surface area contributed by atoms with Crippen LogP contribution in [0.15, 0.2) is 18.2 Å². The number of ketones is 2. The van der Waals surface area contributed by atoms with Crippen LogP contribution in [0.5, 0.6) is 0 Å². The van der Waals surface area contributed by atoms with Crippen molar-refractivity contribution in [1.82, 2.24) is 29.6 Å². The van der Waals surface area contributed by atoms with Gasteiger partial charge < -0.3 is 35.9 Å². The highest BCUT2D eigenvalue weighted by Gasteiger charge is 2.19. The lowest BCUT2D eigenvalue weighted by Gasteiger charge is -2.31. The topological polar surface area (TPSA) is 149 Å². The molecule has 1 amide bonds. The lowest BCUT2D eigenvalue weighted by atomic mass is 10.1. The van der Waals surface area contributed by atoms with Crippen molar-refractivity contribution in [3.05, 3.63) is 23.8 Å². The molecule has 3 saturated heterocycles. The number of rotatable bonds is 5. The van der Waals surface area contributed by atoms with Gasteiger partial charge in [0.1, 0.15) is 5.78 Å². The maximum absolute atomic E-state index is 11.2. The van der Waals surface area contributed by atoms with Crippen molar-refractivity contribution < 1.29 is 24.0 Å². The van der Waals surface area contributed by atoms with E-state index in [0.29, 0.717) is 23.5 Å². The van der Waals surface area contributed by atoms with Crippen molar-refractivity contribution in [1.29, 1.82) is 0 Å². The minimum absolute atomic E-state index is 0.0241. The molecule has 0 aromatic heterocycles. The minimum Gasteiger partial charge on any atom is -0.399 e. The molecule has 1 aromatic rings. The van der Waals surface area contributed by atoms with E-state index in [0.717, 1.165) is 78.5 Å². The zero-order valence-electron chi connectivity index (χ0n) is 28.9. The third kappa shape index (κ3) is 17.8. The van der Waals surface area contributed by atoms with Gasteiger partial charge in [0.2, 0.25) is 5.91 Å². The number of hydroxylamine groups is 2. The fourth-order valence-electron chi connectivity index (χ4n) is 4.43. The number of anilines is 2. The van der Waals surface area contributed by atoms with Crippen molar-refractivity contribution in [2.75, 3.05) is 118 Å². The Labute approximate surface area is 270 Å². The van der Waals surface area contributed by atoms with Crippen LogP contribution in [-0.2, 0) is 19.2 Å². The molecule has 3 heterocycles. The predicted molar refractivity (Wildman–Crippen MR) is 180 cm³/mol. The first-order chi connectivity index (χ1) is 21.1. The van der Waals surface area contributed by atoms with Gasteiger partial charge in [-0.2, -0.15) is 0 Å². The Morgan fingerprint density at radius 2 is 1.11 bits per heavy atom. The van der Waals surface area contributed by atoms with Crippen LogP contribution in [-0.4, -0.2) is 159 Å². The molecule has 0 aliphatic carbocycles. The molecule has 0 atom stereocenters. The molecule has 45 heavy (non-hydrogen) atoms. The van der Waals surface area contributed by atoms with Gasteiger partial charge in [0.05, 0.1) is 12.5 Å². The number of amides is 1. The summed E-state index contributed by atoms with van der Waals surface area (Å²) in [6.07, 6.45) is 0. The summed E-state index contributed by atoms with van der Waals surface area (Å²) in [6, 6.07) is 4.84. The van der Waals surface area contributed by atoms with Crippen LogP contribution in [0, 0.1) is 5.92 Å².